The number of nitrogens with zero attached hydrogens (tertiary/aromatic N) is 1. The number of primary amides is 1. The highest BCUT2D eigenvalue weighted by Crippen LogP contribution is 2.16. The smallest absolute Gasteiger partial charge is 0.326 e. The molecule has 2 aromatic carbocycles. The minimum absolute atomic E-state index is 0.115. The second-order valence-electron chi connectivity index (χ2n) is 8.81. The molecule has 0 saturated carbocycles. The van der Waals surface area contributed by atoms with Crippen molar-refractivity contribution in [2.45, 2.75) is 38.9 Å². The molecular formula is C26H31N5O7. The third-order valence-electron chi connectivity index (χ3n) is 5.43. The lowest BCUT2D eigenvalue weighted by Crippen LogP contribution is -2.54. The monoisotopic (exact) mass is 525 g/mol. The van der Waals surface area contributed by atoms with Crippen molar-refractivity contribution < 1.29 is 33.9 Å². The largest absolute Gasteiger partial charge is 0.480 e. The van der Waals surface area contributed by atoms with Crippen molar-refractivity contribution in [3.8, 4) is 0 Å². The standard InChI is InChI=1S/C26H31N5O7/c1-16(2)22(30-23(34)18-8-4-3-5-9-18)24(35)31(15-21(33)29-20(11-12-32)25(36)37)14-17-7-6-10-19(13-17)28-26(27)38/h3-10,12-13,16,20,22H,11,14-15H2,1-2H3,(H,29,33)(H,30,34)(H,36,37)(H3,27,28,38)/t20-,22-/m0/s1. The number of aliphatic carboxylic acids is 1. The van der Waals surface area contributed by atoms with E-state index >= 15 is 0 Å². The molecule has 0 aliphatic rings. The van der Waals surface area contributed by atoms with Crippen molar-refractivity contribution in [1.82, 2.24) is 15.5 Å². The summed E-state index contributed by atoms with van der Waals surface area (Å²) in [6, 6.07) is 11.5. The summed E-state index contributed by atoms with van der Waals surface area (Å²) in [6.45, 7) is 2.79. The highest BCUT2D eigenvalue weighted by molar-refractivity contribution is 5.98. The van der Waals surface area contributed by atoms with Crippen molar-refractivity contribution in [2.75, 3.05) is 11.9 Å². The number of benzene rings is 2. The highest BCUT2D eigenvalue weighted by Gasteiger charge is 2.31. The molecule has 12 heteroatoms. The Morgan fingerprint density at radius 1 is 1.00 bits per heavy atom. The van der Waals surface area contributed by atoms with E-state index in [0.717, 1.165) is 4.90 Å². The van der Waals surface area contributed by atoms with Crippen molar-refractivity contribution in [3.05, 3.63) is 65.7 Å². The van der Waals surface area contributed by atoms with E-state index in [2.05, 4.69) is 16.0 Å². The molecule has 0 spiro atoms. The van der Waals surface area contributed by atoms with Gasteiger partial charge in [-0.15, -0.1) is 0 Å². The van der Waals surface area contributed by atoms with Crippen LogP contribution in [-0.2, 0) is 25.7 Å². The number of nitrogens with two attached hydrogens (primary N) is 1. The summed E-state index contributed by atoms with van der Waals surface area (Å²) in [5, 5.41) is 16.6. The van der Waals surface area contributed by atoms with E-state index < -0.39 is 54.8 Å². The average molecular weight is 526 g/mol. The van der Waals surface area contributed by atoms with Crippen LogP contribution in [0.4, 0.5) is 10.5 Å². The Morgan fingerprint density at radius 2 is 1.68 bits per heavy atom. The van der Waals surface area contributed by atoms with Crippen LogP contribution in [0.2, 0.25) is 0 Å². The first kappa shape index (κ1) is 29.5. The van der Waals surface area contributed by atoms with Gasteiger partial charge in [-0.1, -0.05) is 44.2 Å². The molecule has 0 aromatic heterocycles. The first-order valence-corrected chi connectivity index (χ1v) is 11.8. The summed E-state index contributed by atoms with van der Waals surface area (Å²) in [5.41, 5.74) is 6.41. The predicted molar refractivity (Wildman–Crippen MR) is 138 cm³/mol. The fourth-order valence-electron chi connectivity index (χ4n) is 3.58. The van der Waals surface area contributed by atoms with Crippen LogP contribution in [-0.4, -0.2) is 64.6 Å². The number of carboxylic acids is 1. The Kier molecular flexibility index (Phi) is 11.0. The predicted octanol–water partition coefficient (Wildman–Crippen LogP) is 1.12. The lowest BCUT2D eigenvalue weighted by atomic mass is 10.0. The maximum Gasteiger partial charge on any atom is 0.326 e. The van der Waals surface area contributed by atoms with E-state index in [-0.39, 0.29) is 12.5 Å². The number of carboxylic acid groups (broad SMARTS) is 1. The molecule has 0 saturated heterocycles. The number of aldehydes is 1. The Balaban J connectivity index is 2.34. The van der Waals surface area contributed by atoms with Crippen molar-refractivity contribution in [1.29, 1.82) is 0 Å². The van der Waals surface area contributed by atoms with Gasteiger partial charge in [0.05, 0.1) is 6.54 Å². The number of carbonyl (C=O) groups is 6. The van der Waals surface area contributed by atoms with E-state index in [1.54, 1.807) is 68.4 Å². The molecule has 0 fully saturated rings. The van der Waals surface area contributed by atoms with Crippen molar-refractivity contribution in [3.63, 3.8) is 0 Å². The van der Waals surface area contributed by atoms with Gasteiger partial charge in [0, 0.05) is 24.2 Å². The second kappa shape index (κ2) is 14.1. The topological polar surface area (TPSA) is 188 Å². The fraction of sp³-hybridized carbons (Fsp3) is 0.308. The molecule has 202 valence electrons. The minimum Gasteiger partial charge on any atom is -0.480 e. The first-order valence-electron chi connectivity index (χ1n) is 11.8. The molecule has 12 nitrogen and oxygen atoms in total. The number of anilines is 1. The summed E-state index contributed by atoms with van der Waals surface area (Å²) in [7, 11) is 0. The van der Waals surface area contributed by atoms with E-state index in [4.69, 9.17) is 5.73 Å². The van der Waals surface area contributed by atoms with Crippen LogP contribution < -0.4 is 21.7 Å². The Labute approximate surface area is 219 Å². The Morgan fingerprint density at radius 3 is 2.26 bits per heavy atom. The van der Waals surface area contributed by atoms with Gasteiger partial charge in [0.25, 0.3) is 5.91 Å². The molecule has 0 radical (unpaired) electrons. The molecule has 0 aliphatic heterocycles. The molecule has 0 unspecified atom stereocenters. The number of carbonyl (C=O) groups excluding carboxylic acids is 5. The molecule has 0 heterocycles. The van der Waals surface area contributed by atoms with Crippen molar-refractivity contribution in [2.24, 2.45) is 11.7 Å². The van der Waals surface area contributed by atoms with Gasteiger partial charge in [0.1, 0.15) is 18.4 Å². The Bertz CT molecular complexity index is 1170. The van der Waals surface area contributed by atoms with E-state index in [9.17, 15) is 33.9 Å². The van der Waals surface area contributed by atoms with Crippen LogP contribution in [0.25, 0.3) is 0 Å². The zero-order chi connectivity index (χ0) is 28.2. The third-order valence-corrected chi connectivity index (χ3v) is 5.43. The maximum atomic E-state index is 13.7. The van der Waals surface area contributed by atoms with Crippen LogP contribution in [0.1, 0.15) is 36.2 Å². The molecule has 0 aliphatic carbocycles. The van der Waals surface area contributed by atoms with E-state index in [1.807, 2.05) is 0 Å². The summed E-state index contributed by atoms with van der Waals surface area (Å²) in [4.78, 5) is 73.8. The van der Waals surface area contributed by atoms with Crippen LogP contribution in [0.3, 0.4) is 0 Å². The summed E-state index contributed by atoms with van der Waals surface area (Å²) >= 11 is 0. The van der Waals surface area contributed by atoms with Crippen LogP contribution >= 0.6 is 0 Å². The van der Waals surface area contributed by atoms with Crippen LogP contribution in [0.5, 0.6) is 0 Å². The van der Waals surface area contributed by atoms with Gasteiger partial charge >= 0.3 is 12.0 Å². The molecule has 5 amide bonds. The first-order chi connectivity index (χ1) is 18.0. The van der Waals surface area contributed by atoms with Gasteiger partial charge in [-0.25, -0.2) is 9.59 Å². The fourth-order valence-corrected chi connectivity index (χ4v) is 3.58. The van der Waals surface area contributed by atoms with Gasteiger partial charge in [-0.05, 0) is 35.7 Å². The number of amides is 5. The Hall–Kier alpha value is -4.74. The van der Waals surface area contributed by atoms with Gasteiger partial charge in [0.2, 0.25) is 11.8 Å². The number of nitrogens with one attached hydrogen (secondary N) is 3. The molecule has 2 atom stereocenters. The zero-order valence-corrected chi connectivity index (χ0v) is 21.0. The molecule has 0 bridgehead atoms. The molecule has 2 aromatic rings. The lowest BCUT2D eigenvalue weighted by Gasteiger charge is -2.30. The maximum absolute atomic E-state index is 13.7. The average Bonchev–Trinajstić information content (AvgIpc) is 2.86. The van der Waals surface area contributed by atoms with Gasteiger partial charge < -0.3 is 36.5 Å². The normalized spacial score (nSPS) is 12.1. The van der Waals surface area contributed by atoms with Gasteiger partial charge in [-0.2, -0.15) is 0 Å². The minimum atomic E-state index is -1.46. The van der Waals surface area contributed by atoms with Crippen LogP contribution in [0.15, 0.2) is 54.6 Å². The number of urea groups is 1. The number of hydrogen-bond acceptors (Lipinski definition) is 6. The van der Waals surface area contributed by atoms with Crippen LogP contribution in [0, 0.1) is 5.92 Å². The lowest BCUT2D eigenvalue weighted by molar-refractivity contribution is -0.144. The summed E-state index contributed by atoms with van der Waals surface area (Å²) in [6.07, 6.45) is -0.0786. The third kappa shape index (κ3) is 9.04. The molecule has 6 N–H and O–H groups in total. The highest BCUT2D eigenvalue weighted by atomic mass is 16.4. The molecule has 2 rings (SSSR count). The SMILES string of the molecule is CC(C)[C@H](NC(=O)c1ccccc1)C(=O)N(CC(=O)N[C@@H](CC=O)C(=O)O)Cc1cccc(NC(N)=O)c1. The molecular weight excluding hydrogens is 494 g/mol. The second-order valence-corrected chi connectivity index (χ2v) is 8.81. The summed E-state index contributed by atoms with van der Waals surface area (Å²) in [5.74, 6) is -3.65. The molecule has 38 heavy (non-hydrogen) atoms. The van der Waals surface area contributed by atoms with E-state index in [0.29, 0.717) is 23.1 Å². The van der Waals surface area contributed by atoms with Crippen molar-refractivity contribution >= 4 is 41.7 Å². The quantitative estimate of drug-likeness (QED) is 0.242. The zero-order valence-electron chi connectivity index (χ0n) is 21.0. The van der Waals surface area contributed by atoms with E-state index in [1.165, 1.54) is 0 Å². The number of hydrogen-bond donors (Lipinski definition) is 5. The van der Waals surface area contributed by atoms with Gasteiger partial charge in [0.15, 0.2) is 0 Å². The van der Waals surface area contributed by atoms with Gasteiger partial charge in [-0.3, -0.25) is 14.4 Å². The summed E-state index contributed by atoms with van der Waals surface area (Å²) < 4.78 is 0. The number of rotatable bonds is 13.